The SMILES string of the molecule is Cc1ccc(C(=O)N2CCC(c3cc(C)c(C(=O)N=C(N)N)cc3C(F)(F)F)CC2)cn1. The highest BCUT2D eigenvalue weighted by atomic mass is 19.4. The van der Waals surface area contributed by atoms with Crippen LogP contribution in [0.2, 0.25) is 0 Å². The zero-order valence-electron chi connectivity index (χ0n) is 17.7. The van der Waals surface area contributed by atoms with Gasteiger partial charge < -0.3 is 16.4 Å². The van der Waals surface area contributed by atoms with E-state index in [2.05, 4.69) is 9.98 Å². The van der Waals surface area contributed by atoms with Crippen LogP contribution in [0.3, 0.4) is 0 Å². The summed E-state index contributed by atoms with van der Waals surface area (Å²) in [7, 11) is 0. The van der Waals surface area contributed by atoms with Crippen LogP contribution in [0.4, 0.5) is 13.2 Å². The Morgan fingerprint density at radius 3 is 2.31 bits per heavy atom. The molecule has 0 atom stereocenters. The number of nitrogens with zero attached hydrogens (tertiary/aromatic N) is 3. The third-order valence-corrected chi connectivity index (χ3v) is 5.54. The molecule has 0 spiro atoms. The Bertz CT molecular complexity index is 1050. The second kappa shape index (κ2) is 8.97. The second-order valence-corrected chi connectivity index (χ2v) is 7.85. The molecule has 1 aromatic carbocycles. The van der Waals surface area contributed by atoms with Gasteiger partial charge in [0, 0.05) is 30.5 Å². The lowest BCUT2D eigenvalue weighted by Gasteiger charge is -2.33. The van der Waals surface area contributed by atoms with Crippen LogP contribution < -0.4 is 11.5 Å². The van der Waals surface area contributed by atoms with Gasteiger partial charge >= 0.3 is 6.18 Å². The van der Waals surface area contributed by atoms with Crippen molar-refractivity contribution in [1.29, 1.82) is 0 Å². The van der Waals surface area contributed by atoms with Crippen molar-refractivity contribution in [2.75, 3.05) is 13.1 Å². The van der Waals surface area contributed by atoms with Crippen molar-refractivity contribution < 1.29 is 22.8 Å². The molecule has 3 rings (SSSR count). The number of alkyl halides is 3. The fraction of sp³-hybridized carbons (Fsp3) is 0.364. The number of rotatable bonds is 3. The molecule has 1 aromatic heterocycles. The molecule has 0 aliphatic carbocycles. The van der Waals surface area contributed by atoms with Gasteiger partial charge in [-0.1, -0.05) is 6.07 Å². The molecule has 2 heterocycles. The maximum absolute atomic E-state index is 13.8. The highest BCUT2D eigenvalue weighted by Gasteiger charge is 2.37. The summed E-state index contributed by atoms with van der Waals surface area (Å²) in [5, 5.41) is 0. The smallest absolute Gasteiger partial charge is 0.370 e. The van der Waals surface area contributed by atoms with Crippen LogP contribution in [0.5, 0.6) is 0 Å². The summed E-state index contributed by atoms with van der Waals surface area (Å²) in [6.45, 7) is 4.00. The van der Waals surface area contributed by atoms with Gasteiger partial charge in [-0.05, 0) is 61.9 Å². The number of nitrogens with two attached hydrogens (primary N) is 2. The van der Waals surface area contributed by atoms with Gasteiger partial charge in [0.15, 0.2) is 5.96 Å². The molecule has 1 aliphatic rings. The first kappa shape index (κ1) is 23.2. The number of benzene rings is 1. The Hall–Kier alpha value is -3.43. The lowest BCUT2D eigenvalue weighted by atomic mass is 9.84. The minimum absolute atomic E-state index is 0.111. The summed E-state index contributed by atoms with van der Waals surface area (Å²) in [5.41, 5.74) is 11.0. The average Bonchev–Trinajstić information content (AvgIpc) is 2.72. The number of carbonyl (C=O) groups is 2. The predicted molar refractivity (Wildman–Crippen MR) is 113 cm³/mol. The summed E-state index contributed by atoms with van der Waals surface area (Å²) >= 11 is 0. The molecule has 1 fully saturated rings. The van der Waals surface area contributed by atoms with E-state index in [1.807, 2.05) is 6.92 Å². The number of halogens is 3. The summed E-state index contributed by atoms with van der Waals surface area (Å²) in [4.78, 5) is 33.9. The van der Waals surface area contributed by atoms with Gasteiger partial charge in [-0.2, -0.15) is 18.2 Å². The molecule has 4 N–H and O–H groups in total. The van der Waals surface area contributed by atoms with Gasteiger partial charge in [0.1, 0.15) is 0 Å². The first-order chi connectivity index (χ1) is 15.0. The zero-order valence-corrected chi connectivity index (χ0v) is 17.7. The third-order valence-electron chi connectivity index (χ3n) is 5.54. The van der Waals surface area contributed by atoms with Gasteiger partial charge in [0.05, 0.1) is 11.1 Å². The fourth-order valence-electron chi connectivity index (χ4n) is 3.89. The highest BCUT2D eigenvalue weighted by molar-refractivity contribution is 6.03. The minimum Gasteiger partial charge on any atom is -0.370 e. The van der Waals surface area contributed by atoms with Crippen molar-refractivity contribution in [3.63, 3.8) is 0 Å². The van der Waals surface area contributed by atoms with Crippen LogP contribution in [0.15, 0.2) is 35.5 Å². The second-order valence-electron chi connectivity index (χ2n) is 7.85. The number of guanidine groups is 1. The van der Waals surface area contributed by atoms with Gasteiger partial charge in [0.2, 0.25) is 0 Å². The monoisotopic (exact) mass is 447 g/mol. The van der Waals surface area contributed by atoms with E-state index in [-0.39, 0.29) is 17.0 Å². The third kappa shape index (κ3) is 5.06. The van der Waals surface area contributed by atoms with Crippen LogP contribution in [-0.2, 0) is 6.18 Å². The Balaban J connectivity index is 1.84. The maximum Gasteiger partial charge on any atom is 0.416 e. The average molecular weight is 447 g/mol. The molecule has 2 amide bonds. The van der Waals surface area contributed by atoms with Crippen LogP contribution in [0.25, 0.3) is 0 Å². The van der Waals surface area contributed by atoms with Gasteiger partial charge in [-0.3, -0.25) is 14.6 Å². The van der Waals surface area contributed by atoms with E-state index in [4.69, 9.17) is 11.5 Å². The zero-order chi connectivity index (χ0) is 23.6. The quantitative estimate of drug-likeness (QED) is 0.554. The topological polar surface area (TPSA) is 115 Å². The van der Waals surface area contributed by atoms with Crippen LogP contribution >= 0.6 is 0 Å². The van der Waals surface area contributed by atoms with Gasteiger partial charge in [0.25, 0.3) is 11.8 Å². The predicted octanol–water partition coefficient (Wildman–Crippen LogP) is 3.15. The van der Waals surface area contributed by atoms with E-state index in [1.54, 1.807) is 24.0 Å². The van der Waals surface area contributed by atoms with Crippen molar-refractivity contribution in [2.45, 2.75) is 38.8 Å². The number of hydrogen-bond acceptors (Lipinski definition) is 3. The molecule has 0 unspecified atom stereocenters. The molecule has 10 heteroatoms. The molecule has 1 saturated heterocycles. The molecule has 0 radical (unpaired) electrons. The number of pyridine rings is 1. The van der Waals surface area contributed by atoms with Crippen molar-refractivity contribution in [3.8, 4) is 0 Å². The first-order valence-electron chi connectivity index (χ1n) is 10.0. The molecule has 170 valence electrons. The first-order valence-corrected chi connectivity index (χ1v) is 10.0. The number of aromatic nitrogens is 1. The Morgan fingerprint density at radius 1 is 1.12 bits per heavy atom. The number of piperidine rings is 1. The summed E-state index contributed by atoms with van der Waals surface area (Å²) < 4.78 is 41.5. The van der Waals surface area contributed by atoms with Crippen LogP contribution in [-0.4, -0.2) is 40.7 Å². The lowest BCUT2D eigenvalue weighted by molar-refractivity contribution is -0.138. The molecule has 32 heavy (non-hydrogen) atoms. The number of likely N-dealkylation sites (tertiary alicyclic amines) is 1. The molecular weight excluding hydrogens is 423 g/mol. The normalized spacial score (nSPS) is 14.8. The van der Waals surface area contributed by atoms with E-state index in [9.17, 15) is 22.8 Å². The molecule has 1 aliphatic heterocycles. The Morgan fingerprint density at radius 2 is 1.78 bits per heavy atom. The van der Waals surface area contributed by atoms with E-state index in [0.717, 1.165) is 11.8 Å². The number of carbonyl (C=O) groups excluding carboxylic acids is 2. The van der Waals surface area contributed by atoms with E-state index < -0.39 is 29.5 Å². The van der Waals surface area contributed by atoms with E-state index in [1.165, 1.54) is 12.3 Å². The number of amides is 2. The van der Waals surface area contributed by atoms with Crippen LogP contribution in [0.1, 0.15) is 61.9 Å². The maximum atomic E-state index is 13.8. The Labute approximate surface area is 183 Å². The molecule has 7 nitrogen and oxygen atoms in total. The molecular formula is C22H24F3N5O2. The molecule has 2 aromatic rings. The fourth-order valence-corrected chi connectivity index (χ4v) is 3.89. The molecule has 0 bridgehead atoms. The van der Waals surface area contributed by atoms with Crippen molar-refractivity contribution >= 4 is 17.8 Å². The Kier molecular flexibility index (Phi) is 6.52. The van der Waals surface area contributed by atoms with Crippen LogP contribution in [0, 0.1) is 13.8 Å². The lowest BCUT2D eigenvalue weighted by Crippen LogP contribution is -2.38. The van der Waals surface area contributed by atoms with E-state index in [0.29, 0.717) is 37.1 Å². The van der Waals surface area contributed by atoms with E-state index >= 15 is 0 Å². The summed E-state index contributed by atoms with van der Waals surface area (Å²) in [6.07, 6.45) is -2.42. The summed E-state index contributed by atoms with van der Waals surface area (Å²) in [6, 6.07) is 5.62. The van der Waals surface area contributed by atoms with Gasteiger partial charge in [-0.15, -0.1) is 0 Å². The molecule has 0 saturated carbocycles. The number of aliphatic imine (C=N–C) groups is 1. The van der Waals surface area contributed by atoms with Crippen molar-refractivity contribution in [2.24, 2.45) is 16.5 Å². The number of aryl methyl sites for hydroxylation is 2. The minimum atomic E-state index is -4.66. The van der Waals surface area contributed by atoms with Crippen molar-refractivity contribution in [1.82, 2.24) is 9.88 Å². The number of hydrogen-bond donors (Lipinski definition) is 2. The summed E-state index contributed by atoms with van der Waals surface area (Å²) in [5.74, 6) is -2.04. The highest BCUT2D eigenvalue weighted by Crippen LogP contribution is 2.40. The van der Waals surface area contributed by atoms with Crippen molar-refractivity contribution in [3.05, 3.63) is 64.0 Å². The largest absolute Gasteiger partial charge is 0.416 e. The van der Waals surface area contributed by atoms with Gasteiger partial charge in [-0.25, -0.2) is 0 Å². The standard InChI is InChI=1S/C22H24F3N5O2/c1-12-9-17(18(22(23,24)25)10-16(12)19(31)29-21(26)27)14-5-7-30(8-6-14)20(32)15-4-3-13(2)28-11-15/h3-4,9-11,14H,5-8H2,1-2H3,(H4,26,27,29,31).